The Bertz CT molecular complexity index is 512. The molecule has 1 aromatic heterocycles. The standard InChI is InChI=1S/C14H17N3S/c1-10-16-14(9-18-10)11-2-4-12(5-3-11)17-13-6-7-15-8-13/h2-5,9,13,15,17H,6-8H2,1H3. The van der Waals surface area contributed by atoms with Gasteiger partial charge in [0.25, 0.3) is 0 Å². The molecule has 1 unspecified atom stereocenters. The molecule has 0 radical (unpaired) electrons. The van der Waals surface area contributed by atoms with Crippen LogP contribution in [0.1, 0.15) is 11.4 Å². The number of thiazole rings is 1. The van der Waals surface area contributed by atoms with Gasteiger partial charge in [0.15, 0.2) is 0 Å². The molecule has 0 amide bonds. The number of aromatic nitrogens is 1. The van der Waals surface area contributed by atoms with Crippen molar-refractivity contribution in [3.05, 3.63) is 34.7 Å². The molecule has 1 fully saturated rings. The van der Waals surface area contributed by atoms with Crippen molar-refractivity contribution >= 4 is 17.0 Å². The molecular formula is C14H17N3S. The van der Waals surface area contributed by atoms with Gasteiger partial charge >= 0.3 is 0 Å². The van der Waals surface area contributed by atoms with Crippen LogP contribution in [0, 0.1) is 6.92 Å². The summed E-state index contributed by atoms with van der Waals surface area (Å²) < 4.78 is 0. The van der Waals surface area contributed by atoms with Crippen LogP contribution in [0.2, 0.25) is 0 Å². The average molecular weight is 259 g/mol. The van der Waals surface area contributed by atoms with Crippen LogP contribution in [-0.4, -0.2) is 24.1 Å². The zero-order valence-electron chi connectivity index (χ0n) is 10.4. The van der Waals surface area contributed by atoms with Crippen LogP contribution in [0.3, 0.4) is 0 Å². The highest BCUT2D eigenvalue weighted by atomic mass is 32.1. The third-order valence-electron chi connectivity index (χ3n) is 3.23. The number of benzene rings is 1. The number of anilines is 1. The van der Waals surface area contributed by atoms with E-state index in [4.69, 9.17) is 0 Å². The summed E-state index contributed by atoms with van der Waals surface area (Å²) in [5.74, 6) is 0. The molecule has 0 spiro atoms. The first kappa shape index (κ1) is 11.7. The fraction of sp³-hybridized carbons (Fsp3) is 0.357. The quantitative estimate of drug-likeness (QED) is 0.890. The van der Waals surface area contributed by atoms with Gasteiger partial charge < -0.3 is 10.6 Å². The van der Waals surface area contributed by atoms with E-state index in [-0.39, 0.29) is 0 Å². The summed E-state index contributed by atoms with van der Waals surface area (Å²) in [4.78, 5) is 4.50. The fourth-order valence-corrected chi connectivity index (χ4v) is 2.87. The van der Waals surface area contributed by atoms with E-state index in [1.807, 2.05) is 6.92 Å². The lowest BCUT2D eigenvalue weighted by Gasteiger charge is -2.12. The molecule has 2 N–H and O–H groups in total. The topological polar surface area (TPSA) is 37.0 Å². The summed E-state index contributed by atoms with van der Waals surface area (Å²) in [6.07, 6.45) is 1.20. The summed E-state index contributed by atoms with van der Waals surface area (Å²) in [6, 6.07) is 9.13. The van der Waals surface area contributed by atoms with Crippen molar-refractivity contribution in [1.29, 1.82) is 0 Å². The second-order valence-corrected chi connectivity index (χ2v) is 5.73. The van der Waals surface area contributed by atoms with Crippen LogP contribution in [0.5, 0.6) is 0 Å². The Kier molecular flexibility index (Phi) is 3.30. The first-order valence-electron chi connectivity index (χ1n) is 6.31. The molecule has 4 heteroatoms. The van der Waals surface area contributed by atoms with Gasteiger partial charge in [0.2, 0.25) is 0 Å². The minimum absolute atomic E-state index is 0.567. The second-order valence-electron chi connectivity index (χ2n) is 4.66. The molecule has 0 aliphatic carbocycles. The number of hydrogen-bond acceptors (Lipinski definition) is 4. The number of hydrogen-bond donors (Lipinski definition) is 2. The SMILES string of the molecule is Cc1nc(-c2ccc(NC3CCNC3)cc2)cs1. The lowest BCUT2D eigenvalue weighted by atomic mass is 10.1. The molecule has 0 bridgehead atoms. The van der Waals surface area contributed by atoms with E-state index in [1.54, 1.807) is 11.3 Å². The molecule has 3 nitrogen and oxygen atoms in total. The zero-order valence-corrected chi connectivity index (χ0v) is 11.3. The maximum atomic E-state index is 4.50. The maximum Gasteiger partial charge on any atom is 0.0901 e. The van der Waals surface area contributed by atoms with Gasteiger partial charge in [-0.25, -0.2) is 4.98 Å². The van der Waals surface area contributed by atoms with Crippen molar-refractivity contribution in [3.63, 3.8) is 0 Å². The van der Waals surface area contributed by atoms with Crippen molar-refractivity contribution in [2.45, 2.75) is 19.4 Å². The third-order valence-corrected chi connectivity index (χ3v) is 4.00. The highest BCUT2D eigenvalue weighted by molar-refractivity contribution is 7.09. The van der Waals surface area contributed by atoms with Gasteiger partial charge in [0.1, 0.15) is 0 Å². The minimum Gasteiger partial charge on any atom is -0.381 e. The van der Waals surface area contributed by atoms with Crippen LogP contribution < -0.4 is 10.6 Å². The predicted molar refractivity (Wildman–Crippen MR) is 77.2 cm³/mol. The van der Waals surface area contributed by atoms with Gasteiger partial charge in [-0.15, -0.1) is 11.3 Å². The lowest BCUT2D eigenvalue weighted by molar-refractivity contribution is 0.793. The first-order valence-corrected chi connectivity index (χ1v) is 7.19. The van der Waals surface area contributed by atoms with Crippen LogP contribution in [-0.2, 0) is 0 Å². The third kappa shape index (κ3) is 2.54. The van der Waals surface area contributed by atoms with Gasteiger partial charge in [-0.05, 0) is 32.0 Å². The zero-order chi connectivity index (χ0) is 12.4. The summed E-state index contributed by atoms with van der Waals surface area (Å²) in [7, 11) is 0. The molecule has 0 saturated carbocycles. The van der Waals surface area contributed by atoms with Crippen LogP contribution in [0.15, 0.2) is 29.6 Å². The van der Waals surface area contributed by atoms with E-state index in [0.29, 0.717) is 6.04 Å². The summed E-state index contributed by atoms with van der Waals surface area (Å²) in [6.45, 7) is 4.22. The highest BCUT2D eigenvalue weighted by Gasteiger charge is 2.13. The van der Waals surface area contributed by atoms with Gasteiger partial charge in [-0.2, -0.15) is 0 Å². The fourth-order valence-electron chi connectivity index (χ4n) is 2.25. The molecule has 2 aromatic rings. The minimum atomic E-state index is 0.567. The normalized spacial score (nSPS) is 19.1. The van der Waals surface area contributed by atoms with Crippen LogP contribution in [0.4, 0.5) is 5.69 Å². The Morgan fingerprint density at radius 3 is 2.78 bits per heavy atom. The van der Waals surface area contributed by atoms with Crippen molar-refractivity contribution in [2.24, 2.45) is 0 Å². The van der Waals surface area contributed by atoms with E-state index in [9.17, 15) is 0 Å². The Morgan fingerprint density at radius 2 is 2.17 bits per heavy atom. The smallest absolute Gasteiger partial charge is 0.0901 e. The van der Waals surface area contributed by atoms with Crippen molar-refractivity contribution in [3.8, 4) is 11.3 Å². The molecule has 2 heterocycles. The number of aryl methyl sites for hydroxylation is 1. The van der Waals surface area contributed by atoms with Crippen molar-refractivity contribution < 1.29 is 0 Å². The average Bonchev–Trinajstić information content (AvgIpc) is 3.02. The van der Waals surface area contributed by atoms with E-state index in [0.717, 1.165) is 23.8 Å². The largest absolute Gasteiger partial charge is 0.381 e. The lowest BCUT2D eigenvalue weighted by Crippen LogP contribution is -2.21. The summed E-state index contributed by atoms with van der Waals surface area (Å²) in [5.41, 5.74) is 3.46. The van der Waals surface area contributed by atoms with Gasteiger partial charge in [-0.3, -0.25) is 0 Å². The molecule has 1 aliphatic rings. The van der Waals surface area contributed by atoms with Crippen molar-refractivity contribution in [2.75, 3.05) is 18.4 Å². The molecule has 94 valence electrons. The number of nitrogens with zero attached hydrogens (tertiary/aromatic N) is 1. The van der Waals surface area contributed by atoms with E-state index >= 15 is 0 Å². The molecule has 1 atom stereocenters. The van der Waals surface area contributed by atoms with E-state index in [1.165, 1.54) is 17.7 Å². The molecule has 1 aromatic carbocycles. The number of rotatable bonds is 3. The van der Waals surface area contributed by atoms with E-state index in [2.05, 4.69) is 45.3 Å². The molecule has 1 aliphatic heterocycles. The molecular weight excluding hydrogens is 242 g/mol. The van der Waals surface area contributed by atoms with Gasteiger partial charge in [-0.1, -0.05) is 12.1 Å². The Hall–Kier alpha value is -1.39. The Morgan fingerprint density at radius 1 is 1.33 bits per heavy atom. The number of nitrogens with one attached hydrogen (secondary N) is 2. The first-order chi connectivity index (χ1) is 8.81. The summed E-state index contributed by atoms with van der Waals surface area (Å²) >= 11 is 1.69. The Balaban J connectivity index is 1.72. The maximum absolute atomic E-state index is 4.50. The monoisotopic (exact) mass is 259 g/mol. The summed E-state index contributed by atoms with van der Waals surface area (Å²) in [5, 5.41) is 10.1. The van der Waals surface area contributed by atoms with Gasteiger partial charge in [0, 0.05) is 29.2 Å². The highest BCUT2D eigenvalue weighted by Crippen LogP contribution is 2.23. The van der Waals surface area contributed by atoms with E-state index < -0.39 is 0 Å². The second kappa shape index (κ2) is 5.08. The van der Waals surface area contributed by atoms with Gasteiger partial charge in [0.05, 0.1) is 10.7 Å². The van der Waals surface area contributed by atoms with Crippen molar-refractivity contribution in [1.82, 2.24) is 10.3 Å². The van der Waals surface area contributed by atoms with Crippen LogP contribution >= 0.6 is 11.3 Å². The Labute approximate surface area is 111 Å². The predicted octanol–water partition coefficient (Wildman–Crippen LogP) is 2.89. The molecule has 18 heavy (non-hydrogen) atoms. The molecule has 3 rings (SSSR count). The van der Waals surface area contributed by atoms with Crippen LogP contribution in [0.25, 0.3) is 11.3 Å². The molecule has 1 saturated heterocycles.